The molecule has 2 aromatic rings. The zero-order valence-electron chi connectivity index (χ0n) is 11.9. The molecule has 4 heteroatoms. The number of hydrogen-bond donors (Lipinski definition) is 1. The van der Waals surface area contributed by atoms with Crippen molar-refractivity contribution in [1.29, 1.82) is 0 Å². The van der Waals surface area contributed by atoms with Crippen LogP contribution in [0.5, 0.6) is 0 Å². The molecule has 0 radical (unpaired) electrons. The molecule has 0 amide bonds. The fourth-order valence-corrected chi connectivity index (χ4v) is 2.34. The van der Waals surface area contributed by atoms with Gasteiger partial charge in [0.2, 0.25) is 0 Å². The number of nitro groups is 1. The molecule has 0 aliphatic heterocycles. The van der Waals surface area contributed by atoms with E-state index in [0.29, 0.717) is 0 Å². The van der Waals surface area contributed by atoms with Crippen molar-refractivity contribution in [3.63, 3.8) is 0 Å². The van der Waals surface area contributed by atoms with Crippen molar-refractivity contribution in [2.24, 2.45) is 5.73 Å². The molecule has 110 valence electrons. The van der Waals surface area contributed by atoms with E-state index in [-0.39, 0.29) is 16.7 Å². The number of nitro benzene ring substituents is 1. The summed E-state index contributed by atoms with van der Waals surface area (Å²) in [5, 5.41) is 10.6. The van der Waals surface area contributed by atoms with Gasteiger partial charge in [-0.2, -0.15) is 0 Å². The quantitative estimate of drug-likeness (QED) is 0.474. The Balaban J connectivity index is 1.73. The topological polar surface area (TPSA) is 69.2 Å². The smallest absolute Gasteiger partial charge is 0.269 e. The first-order valence-corrected chi connectivity index (χ1v) is 7.20. The largest absolute Gasteiger partial charge is 0.324 e. The molecule has 1 unspecified atom stereocenters. The fraction of sp³-hybridized carbons (Fsp3) is 0.294. The summed E-state index contributed by atoms with van der Waals surface area (Å²) < 4.78 is 0. The molecule has 0 spiro atoms. The minimum absolute atomic E-state index is 0.0862. The van der Waals surface area contributed by atoms with Gasteiger partial charge >= 0.3 is 0 Å². The average Bonchev–Trinajstić information content (AvgIpc) is 2.52. The van der Waals surface area contributed by atoms with Crippen LogP contribution >= 0.6 is 0 Å². The normalized spacial score (nSPS) is 12.0. The summed E-state index contributed by atoms with van der Waals surface area (Å²) in [5.74, 6) is 0. The van der Waals surface area contributed by atoms with Crippen LogP contribution in [0.4, 0.5) is 5.69 Å². The van der Waals surface area contributed by atoms with Gasteiger partial charge in [0.15, 0.2) is 0 Å². The molecule has 0 aromatic heterocycles. The summed E-state index contributed by atoms with van der Waals surface area (Å²) >= 11 is 0. The van der Waals surface area contributed by atoms with Crippen LogP contribution in [-0.2, 0) is 6.42 Å². The SMILES string of the molecule is NC(CCCCc1ccc([N+](=O)[O-])cc1)c1ccccc1. The number of rotatable bonds is 7. The van der Waals surface area contributed by atoms with E-state index in [9.17, 15) is 10.1 Å². The van der Waals surface area contributed by atoms with Gasteiger partial charge < -0.3 is 5.73 Å². The molecule has 0 aliphatic carbocycles. The van der Waals surface area contributed by atoms with Crippen LogP contribution in [0, 0.1) is 10.1 Å². The Morgan fingerprint density at radius 1 is 1.00 bits per heavy atom. The van der Waals surface area contributed by atoms with E-state index in [4.69, 9.17) is 5.73 Å². The molecule has 1 atom stereocenters. The third kappa shape index (κ3) is 4.68. The second-order valence-corrected chi connectivity index (χ2v) is 5.19. The fourth-order valence-electron chi connectivity index (χ4n) is 2.34. The number of unbranched alkanes of at least 4 members (excludes halogenated alkanes) is 1. The summed E-state index contributed by atoms with van der Waals surface area (Å²) in [4.78, 5) is 10.2. The van der Waals surface area contributed by atoms with Gasteiger partial charge in [-0.05, 0) is 30.4 Å². The van der Waals surface area contributed by atoms with Gasteiger partial charge in [0.25, 0.3) is 5.69 Å². The van der Waals surface area contributed by atoms with E-state index >= 15 is 0 Å². The number of nitrogens with zero attached hydrogens (tertiary/aromatic N) is 1. The predicted molar refractivity (Wildman–Crippen MR) is 84.0 cm³/mol. The molecule has 0 heterocycles. The third-order valence-electron chi connectivity index (χ3n) is 3.61. The second-order valence-electron chi connectivity index (χ2n) is 5.19. The Morgan fingerprint density at radius 2 is 1.67 bits per heavy atom. The van der Waals surface area contributed by atoms with Crippen molar-refractivity contribution in [2.45, 2.75) is 31.7 Å². The van der Waals surface area contributed by atoms with Gasteiger partial charge in [-0.3, -0.25) is 10.1 Å². The number of nitrogens with two attached hydrogens (primary N) is 1. The van der Waals surface area contributed by atoms with Crippen LogP contribution in [0.1, 0.15) is 36.4 Å². The van der Waals surface area contributed by atoms with Crippen LogP contribution < -0.4 is 5.73 Å². The maximum absolute atomic E-state index is 10.6. The highest BCUT2D eigenvalue weighted by atomic mass is 16.6. The van der Waals surface area contributed by atoms with Crippen LogP contribution in [-0.4, -0.2) is 4.92 Å². The van der Waals surface area contributed by atoms with Crippen molar-refractivity contribution in [3.8, 4) is 0 Å². The summed E-state index contributed by atoms with van der Waals surface area (Å²) in [6.45, 7) is 0. The standard InChI is InChI=1S/C17H20N2O2/c18-17(15-7-2-1-3-8-15)9-5-4-6-14-10-12-16(13-11-14)19(20)21/h1-3,7-8,10-13,17H,4-6,9,18H2. The molecule has 0 bridgehead atoms. The Morgan fingerprint density at radius 3 is 2.29 bits per heavy atom. The number of aryl methyl sites for hydroxylation is 1. The maximum Gasteiger partial charge on any atom is 0.269 e. The highest BCUT2D eigenvalue weighted by molar-refractivity contribution is 5.32. The second kappa shape index (κ2) is 7.55. The van der Waals surface area contributed by atoms with Gasteiger partial charge in [-0.1, -0.05) is 48.9 Å². The molecule has 2 aromatic carbocycles. The lowest BCUT2D eigenvalue weighted by atomic mass is 10.00. The van der Waals surface area contributed by atoms with Crippen LogP contribution in [0.2, 0.25) is 0 Å². The van der Waals surface area contributed by atoms with Crippen molar-refractivity contribution >= 4 is 5.69 Å². The lowest BCUT2D eigenvalue weighted by Crippen LogP contribution is -2.09. The first kappa shape index (κ1) is 15.2. The molecule has 2 rings (SSSR count). The Kier molecular flexibility index (Phi) is 5.46. The van der Waals surface area contributed by atoms with E-state index in [1.165, 1.54) is 5.56 Å². The first-order valence-electron chi connectivity index (χ1n) is 7.20. The molecule has 4 nitrogen and oxygen atoms in total. The highest BCUT2D eigenvalue weighted by Gasteiger charge is 2.06. The number of non-ortho nitro benzene ring substituents is 1. The zero-order chi connectivity index (χ0) is 15.1. The van der Waals surface area contributed by atoms with E-state index in [1.54, 1.807) is 12.1 Å². The Hall–Kier alpha value is -2.20. The van der Waals surface area contributed by atoms with E-state index in [1.807, 2.05) is 30.3 Å². The van der Waals surface area contributed by atoms with Crippen LogP contribution in [0.3, 0.4) is 0 Å². The highest BCUT2D eigenvalue weighted by Crippen LogP contribution is 2.18. The summed E-state index contributed by atoms with van der Waals surface area (Å²) in [5.41, 5.74) is 8.60. The monoisotopic (exact) mass is 284 g/mol. The van der Waals surface area contributed by atoms with Gasteiger partial charge in [-0.15, -0.1) is 0 Å². The maximum atomic E-state index is 10.6. The van der Waals surface area contributed by atoms with Gasteiger partial charge in [0, 0.05) is 18.2 Å². The lowest BCUT2D eigenvalue weighted by molar-refractivity contribution is -0.384. The lowest BCUT2D eigenvalue weighted by Gasteiger charge is -2.11. The van der Waals surface area contributed by atoms with Gasteiger partial charge in [0.05, 0.1) is 4.92 Å². The average molecular weight is 284 g/mol. The number of benzene rings is 2. The van der Waals surface area contributed by atoms with E-state index in [0.717, 1.165) is 31.2 Å². The van der Waals surface area contributed by atoms with Crippen molar-refractivity contribution < 1.29 is 4.92 Å². The number of hydrogen-bond acceptors (Lipinski definition) is 3. The summed E-state index contributed by atoms with van der Waals surface area (Å²) in [6, 6.07) is 17.0. The van der Waals surface area contributed by atoms with E-state index in [2.05, 4.69) is 12.1 Å². The summed E-state index contributed by atoms with van der Waals surface area (Å²) in [7, 11) is 0. The molecular weight excluding hydrogens is 264 g/mol. The minimum Gasteiger partial charge on any atom is -0.324 e. The van der Waals surface area contributed by atoms with E-state index < -0.39 is 0 Å². The third-order valence-corrected chi connectivity index (χ3v) is 3.61. The van der Waals surface area contributed by atoms with Crippen LogP contribution in [0.15, 0.2) is 54.6 Å². The molecular formula is C17H20N2O2. The van der Waals surface area contributed by atoms with Crippen molar-refractivity contribution in [2.75, 3.05) is 0 Å². The van der Waals surface area contributed by atoms with Crippen molar-refractivity contribution in [1.82, 2.24) is 0 Å². The Bertz CT molecular complexity index is 567. The molecule has 0 aliphatic rings. The zero-order valence-corrected chi connectivity index (χ0v) is 11.9. The molecule has 0 fully saturated rings. The predicted octanol–water partition coefficient (Wildman–Crippen LogP) is 4.01. The van der Waals surface area contributed by atoms with Gasteiger partial charge in [0.1, 0.15) is 0 Å². The molecule has 21 heavy (non-hydrogen) atoms. The first-order chi connectivity index (χ1) is 10.2. The minimum atomic E-state index is -0.372. The molecule has 2 N–H and O–H groups in total. The Labute approximate surface area is 124 Å². The molecule has 0 saturated carbocycles. The molecule has 0 saturated heterocycles. The van der Waals surface area contributed by atoms with Crippen molar-refractivity contribution in [3.05, 3.63) is 75.8 Å². The van der Waals surface area contributed by atoms with Crippen LogP contribution in [0.25, 0.3) is 0 Å². The van der Waals surface area contributed by atoms with Gasteiger partial charge in [-0.25, -0.2) is 0 Å². The summed E-state index contributed by atoms with van der Waals surface area (Å²) in [6.07, 6.45) is 3.97.